The Morgan fingerprint density at radius 1 is 1.19 bits per heavy atom. The van der Waals surface area contributed by atoms with Gasteiger partial charge in [0, 0.05) is 31.9 Å². The van der Waals surface area contributed by atoms with E-state index in [0.717, 1.165) is 23.5 Å². The van der Waals surface area contributed by atoms with Gasteiger partial charge < -0.3 is 10.2 Å². The number of alkyl halides is 3. The molecule has 0 fully saturated rings. The zero-order chi connectivity index (χ0) is 23.6. The molecule has 32 heavy (non-hydrogen) atoms. The molecule has 0 bridgehead atoms. The zero-order valence-electron chi connectivity index (χ0n) is 18.0. The first kappa shape index (κ1) is 23.2. The number of hydrogen-bond donors (Lipinski definition) is 1. The van der Waals surface area contributed by atoms with Gasteiger partial charge in [0.1, 0.15) is 0 Å². The Hall–Kier alpha value is -3.50. The number of aryl methyl sites for hydroxylation is 1. The van der Waals surface area contributed by atoms with E-state index in [1.165, 1.54) is 16.8 Å². The number of carbonyl (C=O) groups excluding carboxylic acids is 2. The Morgan fingerprint density at radius 2 is 1.78 bits per heavy atom. The van der Waals surface area contributed by atoms with Gasteiger partial charge in [0.05, 0.1) is 24.3 Å². The van der Waals surface area contributed by atoms with Crippen LogP contribution in [0.25, 0.3) is 0 Å². The van der Waals surface area contributed by atoms with E-state index in [4.69, 9.17) is 0 Å². The summed E-state index contributed by atoms with van der Waals surface area (Å²) in [6.07, 6.45) is -2.59. The Labute approximate surface area is 183 Å². The lowest BCUT2D eigenvalue weighted by atomic mass is 10.0. The number of urea groups is 1. The lowest BCUT2D eigenvalue weighted by Gasteiger charge is -2.25. The average Bonchev–Trinajstić information content (AvgIpc) is 3.18. The van der Waals surface area contributed by atoms with Gasteiger partial charge in [-0.15, -0.1) is 0 Å². The summed E-state index contributed by atoms with van der Waals surface area (Å²) in [5, 5.41) is 8.32. The molecule has 3 rings (SSSR count). The van der Waals surface area contributed by atoms with Crippen LogP contribution in [0.1, 0.15) is 42.4 Å². The molecule has 2 heterocycles. The van der Waals surface area contributed by atoms with E-state index in [0.29, 0.717) is 11.3 Å². The van der Waals surface area contributed by atoms with Crippen LogP contribution >= 0.6 is 0 Å². The summed E-state index contributed by atoms with van der Waals surface area (Å²) in [5.41, 5.74) is 2.73. The van der Waals surface area contributed by atoms with Crippen molar-refractivity contribution in [3.63, 3.8) is 0 Å². The molecule has 0 unspecified atom stereocenters. The Morgan fingerprint density at radius 3 is 2.31 bits per heavy atom. The van der Waals surface area contributed by atoms with Crippen LogP contribution in [-0.2, 0) is 11.0 Å². The molecule has 8 nitrogen and oxygen atoms in total. The fourth-order valence-corrected chi connectivity index (χ4v) is 3.17. The SMILES string of the molecule is CC(=O)N(C)[C@H]1CN(C(=O)N[C@H](C)c2cnc(C(F)(F)F)nc2)N=C1c1ccc(C)cc1. The maximum atomic E-state index is 12.8. The first-order chi connectivity index (χ1) is 15.0. The minimum Gasteiger partial charge on any atom is -0.335 e. The van der Waals surface area contributed by atoms with Crippen LogP contribution < -0.4 is 5.32 Å². The quantitative estimate of drug-likeness (QED) is 0.778. The summed E-state index contributed by atoms with van der Waals surface area (Å²) in [6, 6.07) is 5.92. The number of rotatable bonds is 4. The second-order valence-corrected chi connectivity index (χ2v) is 7.59. The second kappa shape index (κ2) is 8.93. The lowest BCUT2D eigenvalue weighted by molar-refractivity contribution is -0.145. The number of halogens is 3. The third kappa shape index (κ3) is 5.04. The summed E-state index contributed by atoms with van der Waals surface area (Å²) < 4.78 is 37.9. The normalized spacial score (nSPS) is 17.0. The first-order valence-electron chi connectivity index (χ1n) is 9.83. The molecule has 1 aromatic heterocycles. The van der Waals surface area contributed by atoms with Crippen LogP contribution in [-0.4, -0.2) is 57.2 Å². The maximum Gasteiger partial charge on any atom is 0.451 e. The highest BCUT2D eigenvalue weighted by Crippen LogP contribution is 2.26. The third-order valence-electron chi connectivity index (χ3n) is 5.20. The highest BCUT2D eigenvalue weighted by molar-refractivity contribution is 6.07. The van der Waals surface area contributed by atoms with E-state index in [9.17, 15) is 22.8 Å². The van der Waals surface area contributed by atoms with Crippen molar-refractivity contribution >= 4 is 17.6 Å². The molecule has 0 aliphatic carbocycles. The van der Waals surface area contributed by atoms with Gasteiger partial charge in [-0.05, 0) is 19.4 Å². The summed E-state index contributed by atoms with van der Waals surface area (Å²) in [6.45, 7) is 5.12. The monoisotopic (exact) mass is 448 g/mol. The van der Waals surface area contributed by atoms with Crippen LogP contribution in [0.4, 0.5) is 18.0 Å². The van der Waals surface area contributed by atoms with Crippen LogP contribution in [0.5, 0.6) is 0 Å². The highest BCUT2D eigenvalue weighted by Gasteiger charge is 2.36. The van der Waals surface area contributed by atoms with Crippen molar-refractivity contribution in [2.75, 3.05) is 13.6 Å². The minimum absolute atomic E-state index is 0.140. The van der Waals surface area contributed by atoms with Gasteiger partial charge in [-0.1, -0.05) is 29.8 Å². The van der Waals surface area contributed by atoms with E-state index in [-0.39, 0.29) is 12.5 Å². The number of hydrazone groups is 1. The number of carbonyl (C=O) groups is 2. The summed E-state index contributed by atoms with van der Waals surface area (Å²) in [4.78, 5) is 32.9. The molecule has 1 aliphatic heterocycles. The zero-order valence-corrected chi connectivity index (χ0v) is 18.0. The van der Waals surface area contributed by atoms with Crippen LogP contribution in [0, 0.1) is 6.92 Å². The van der Waals surface area contributed by atoms with E-state index < -0.39 is 30.1 Å². The highest BCUT2D eigenvalue weighted by atomic mass is 19.4. The topological polar surface area (TPSA) is 90.8 Å². The van der Waals surface area contributed by atoms with Gasteiger partial charge in [-0.2, -0.15) is 18.3 Å². The van der Waals surface area contributed by atoms with E-state index >= 15 is 0 Å². The van der Waals surface area contributed by atoms with Crippen LogP contribution in [0.2, 0.25) is 0 Å². The van der Waals surface area contributed by atoms with E-state index in [1.54, 1.807) is 14.0 Å². The van der Waals surface area contributed by atoms with Crippen molar-refractivity contribution in [2.24, 2.45) is 5.10 Å². The van der Waals surface area contributed by atoms with Crippen LogP contribution in [0.15, 0.2) is 41.8 Å². The van der Waals surface area contributed by atoms with E-state index in [1.807, 2.05) is 31.2 Å². The first-order valence-corrected chi connectivity index (χ1v) is 9.83. The van der Waals surface area contributed by atoms with Crippen molar-refractivity contribution in [3.8, 4) is 0 Å². The molecular formula is C21H23F3N6O2. The molecular weight excluding hydrogens is 425 g/mol. The molecule has 0 radical (unpaired) electrons. The molecule has 170 valence electrons. The number of likely N-dealkylation sites (N-methyl/N-ethyl adjacent to an activating group) is 1. The fourth-order valence-electron chi connectivity index (χ4n) is 3.17. The van der Waals surface area contributed by atoms with Crippen molar-refractivity contribution in [1.29, 1.82) is 0 Å². The summed E-state index contributed by atoms with van der Waals surface area (Å²) >= 11 is 0. The molecule has 1 aromatic carbocycles. The minimum atomic E-state index is -4.64. The average molecular weight is 448 g/mol. The molecule has 2 atom stereocenters. The lowest BCUT2D eigenvalue weighted by Crippen LogP contribution is -2.45. The van der Waals surface area contributed by atoms with Crippen molar-refractivity contribution in [3.05, 3.63) is 59.2 Å². The number of hydrogen-bond acceptors (Lipinski definition) is 5. The van der Waals surface area contributed by atoms with Gasteiger partial charge >= 0.3 is 12.2 Å². The molecule has 0 saturated heterocycles. The predicted octanol–water partition coefficient (Wildman–Crippen LogP) is 3.14. The number of benzene rings is 1. The maximum absolute atomic E-state index is 12.8. The molecule has 0 saturated carbocycles. The predicted molar refractivity (Wildman–Crippen MR) is 111 cm³/mol. The molecule has 0 spiro atoms. The van der Waals surface area contributed by atoms with Crippen molar-refractivity contribution in [2.45, 2.75) is 39.0 Å². The van der Waals surface area contributed by atoms with Gasteiger partial charge in [0.15, 0.2) is 0 Å². The summed E-state index contributed by atoms with van der Waals surface area (Å²) in [5.74, 6) is -1.42. The molecule has 3 amide bonds. The largest absolute Gasteiger partial charge is 0.451 e. The fraction of sp³-hybridized carbons (Fsp3) is 0.381. The van der Waals surface area contributed by atoms with Gasteiger partial charge in [-0.3, -0.25) is 4.79 Å². The van der Waals surface area contributed by atoms with Crippen LogP contribution in [0.3, 0.4) is 0 Å². The molecule has 2 aromatic rings. The van der Waals surface area contributed by atoms with E-state index in [2.05, 4.69) is 20.4 Å². The smallest absolute Gasteiger partial charge is 0.335 e. The van der Waals surface area contributed by atoms with Gasteiger partial charge in [-0.25, -0.2) is 19.8 Å². The molecule has 1 aliphatic rings. The number of aromatic nitrogens is 2. The van der Waals surface area contributed by atoms with Gasteiger partial charge in [0.25, 0.3) is 0 Å². The summed E-state index contributed by atoms with van der Waals surface area (Å²) in [7, 11) is 1.64. The second-order valence-electron chi connectivity index (χ2n) is 7.59. The van der Waals surface area contributed by atoms with Crippen molar-refractivity contribution < 1.29 is 22.8 Å². The Bertz CT molecular complexity index is 1020. The molecule has 11 heteroatoms. The van der Waals surface area contributed by atoms with Gasteiger partial charge in [0.2, 0.25) is 11.7 Å². The number of nitrogens with one attached hydrogen (secondary N) is 1. The third-order valence-corrected chi connectivity index (χ3v) is 5.20. The molecule has 1 N–H and O–H groups in total. The Balaban J connectivity index is 1.78. The standard InChI is InChI=1S/C21H23F3N6O2/c1-12-5-7-15(8-6-12)18-17(29(4)14(3)31)11-30(28-18)20(32)27-13(2)16-9-25-19(26-10-16)21(22,23)24/h5-10,13,17H,11H2,1-4H3,(H,27,32)/t13-,17+/m1/s1. The number of nitrogens with zero attached hydrogens (tertiary/aromatic N) is 5. The Kier molecular flexibility index (Phi) is 6.47. The number of amides is 3. The van der Waals surface area contributed by atoms with Crippen molar-refractivity contribution in [1.82, 2.24) is 25.2 Å².